The number of Topliss-reactive ketones (excluding diaryl/α,β-unsaturated/α-hetero) is 1. The molecule has 256 valence electrons. The molecule has 0 fully saturated rings. The van der Waals surface area contributed by atoms with E-state index in [1.807, 2.05) is 26.8 Å². The maximum absolute atomic E-state index is 17.0. The van der Waals surface area contributed by atoms with Crippen molar-refractivity contribution in [2.45, 2.75) is 99.5 Å². The van der Waals surface area contributed by atoms with E-state index in [9.17, 15) is 14.9 Å². The maximum atomic E-state index is 17.0. The molecule has 1 aliphatic heterocycles. The van der Waals surface area contributed by atoms with Crippen LogP contribution in [0.2, 0.25) is 0 Å². The van der Waals surface area contributed by atoms with Crippen LogP contribution < -0.4 is 10.6 Å². The molecule has 8 nitrogen and oxygen atoms in total. The monoisotopic (exact) mass is 696 g/mol. The van der Waals surface area contributed by atoms with Gasteiger partial charge in [0, 0.05) is 26.8 Å². The Morgan fingerprint density at radius 2 is 1.90 bits per heavy atom. The molecule has 12 heteroatoms. The molecule has 0 radical (unpaired) electrons. The Kier molecular flexibility index (Phi) is 12.1. The van der Waals surface area contributed by atoms with Crippen molar-refractivity contribution in [3.63, 3.8) is 0 Å². The number of rotatable bonds is 11. The zero-order valence-electron chi connectivity index (χ0n) is 28.7. The Balaban J connectivity index is 2.01. The van der Waals surface area contributed by atoms with E-state index in [1.54, 1.807) is 39.5 Å². The Labute approximate surface area is 289 Å². The third kappa shape index (κ3) is 7.91. The molecular formula is C36H42F2N4O4S2. The average molecular weight is 697 g/mol. The van der Waals surface area contributed by atoms with Gasteiger partial charge in [-0.3, -0.25) is 15.1 Å². The van der Waals surface area contributed by atoms with Crippen LogP contribution in [0.4, 0.5) is 18.6 Å². The molecule has 2 aromatic carbocycles. The fraction of sp³-hybridized carbons (Fsp3) is 0.444. The number of amides is 1. The van der Waals surface area contributed by atoms with E-state index in [0.717, 1.165) is 35.0 Å². The molecule has 1 atom stereocenters. The number of amidine groups is 1. The van der Waals surface area contributed by atoms with E-state index in [0.29, 0.717) is 33.6 Å². The number of nitrogens with one attached hydrogen (secondary N) is 2. The molecule has 1 amide bonds. The number of nitriles is 1. The number of thioether (sulfide) groups is 1. The van der Waals surface area contributed by atoms with Gasteiger partial charge < -0.3 is 14.8 Å². The van der Waals surface area contributed by atoms with Gasteiger partial charge >= 0.3 is 6.09 Å². The molecule has 1 aromatic heterocycles. The average Bonchev–Trinajstić information content (AvgIpc) is 3.61. The summed E-state index contributed by atoms with van der Waals surface area (Å²) < 4.78 is 44.8. The first kappa shape index (κ1) is 37.0. The highest BCUT2D eigenvalue weighted by Gasteiger charge is 2.33. The Bertz CT molecular complexity index is 1840. The first-order valence-corrected chi connectivity index (χ1v) is 17.8. The number of hydrogen-bond acceptors (Lipinski definition) is 8. The van der Waals surface area contributed by atoms with E-state index in [2.05, 4.69) is 16.7 Å². The number of thiophene rings is 1. The van der Waals surface area contributed by atoms with Gasteiger partial charge in [0.15, 0.2) is 5.78 Å². The van der Waals surface area contributed by atoms with Gasteiger partial charge in [0.25, 0.3) is 0 Å². The summed E-state index contributed by atoms with van der Waals surface area (Å²) in [6, 6.07) is 4.20. The van der Waals surface area contributed by atoms with Crippen molar-refractivity contribution in [3.8, 4) is 17.2 Å². The van der Waals surface area contributed by atoms with E-state index >= 15 is 8.78 Å². The molecule has 2 heterocycles. The van der Waals surface area contributed by atoms with Crippen LogP contribution >= 0.6 is 23.1 Å². The number of ether oxygens (including phenoxy) is 2. The Morgan fingerprint density at radius 1 is 1.19 bits per heavy atom. The summed E-state index contributed by atoms with van der Waals surface area (Å²) in [4.78, 5) is 30.2. The summed E-state index contributed by atoms with van der Waals surface area (Å²) >= 11 is 2.65. The zero-order chi connectivity index (χ0) is 35.3. The first-order valence-electron chi connectivity index (χ1n) is 16.0. The highest BCUT2D eigenvalue weighted by atomic mass is 32.2. The van der Waals surface area contributed by atoms with Crippen LogP contribution in [-0.2, 0) is 27.5 Å². The molecule has 3 aromatic rings. The van der Waals surface area contributed by atoms with Crippen LogP contribution in [0.5, 0.6) is 0 Å². The third-order valence-corrected chi connectivity index (χ3v) is 9.59. The third-order valence-electron chi connectivity index (χ3n) is 7.65. The highest BCUT2D eigenvalue weighted by molar-refractivity contribution is 8.03. The minimum Gasteiger partial charge on any atom is -0.444 e. The SMILES string of the molecule is CC/C=C(/NC(=NC(CCC)C(C)=O)c1c(C)c(F)c(-c2c(F)ccc3sc(NC(=O)OC(C)(C)C)c(C#N)c23)c2c1COC2)SCC. The van der Waals surface area contributed by atoms with Crippen LogP contribution in [0.25, 0.3) is 21.2 Å². The lowest BCUT2D eigenvalue weighted by Crippen LogP contribution is -2.29. The zero-order valence-corrected chi connectivity index (χ0v) is 30.3. The topological polar surface area (TPSA) is 113 Å². The van der Waals surface area contributed by atoms with Gasteiger partial charge in [-0.25, -0.2) is 13.6 Å². The summed E-state index contributed by atoms with van der Waals surface area (Å²) in [5.74, 6) is -0.384. The molecule has 1 aliphatic rings. The van der Waals surface area contributed by atoms with Crippen LogP contribution in [-0.4, -0.2) is 35.1 Å². The standard InChI is InChI=1S/C36H42F2N4O4S2/c1-9-12-25(20(5)43)40-33(41-27(13-10-2)47-11-3)28-19(4)32(38)30(23-18-45-17-22(23)28)31-24(37)14-15-26-29(31)21(16-39)34(48-26)42-35(44)46-36(6,7)8/h13-15,25H,9-12,17-18H2,1-8H3,(H,40,41)(H,42,44)/b27-13-. The van der Waals surface area contributed by atoms with Crippen LogP contribution in [0, 0.1) is 29.9 Å². The van der Waals surface area contributed by atoms with Crippen LogP contribution in [0.3, 0.4) is 0 Å². The fourth-order valence-corrected chi connectivity index (χ4v) is 7.48. The van der Waals surface area contributed by atoms with Gasteiger partial charge in [0.2, 0.25) is 0 Å². The predicted molar refractivity (Wildman–Crippen MR) is 191 cm³/mol. The molecule has 0 saturated heterocycles. The van der Waals surface area contributed by atoms with Gasteiger partial charge in [0.05, 0.1) is 23.8 Å². The van der Waals surface area contributed by atoms with Gasteiger partial charge in [-0.15, -0.1) is 23.1 Å². The molecule has 1 unspecified atom stereocenters. The highest BCUT2D eigenvalue weighted by Crippen LogP contribution is 2.47. The first-order chi connectivity index (χ1) is 22.8. The smallest absolute Gasteiger partial charge is 0.412 e. The summed E-state index contributed by atoms with van der Waals surface area (Å²) in [5.41, 5.74) is 0.862. The lowest BCUT2D eigenvalue weighted by Gasteiger charge is -2.22. The van der Waals surface area contributed by atoms with Crippen molar-refractivity contribution in [1.82, 2.24) is 5.32 Å². The quantitative estimate of drug-likeness (QED) is 0.152. The fourth-order valence-electron chi connectivity index (χ4n) is 5.66. The summed E-state index contributed by atoms with van der Waals surface area (Å²) in [6.07, 6.45) is 3.25. The predicted octanol–water partition coefficient (Wildman–Crippen LogP) is 9.50. The van der Waals surface area contributed by atoms with Crippen LogP contribution in [0.15, 0.2) is 28.2 Å². The number of anilines is 1. The lowest BCUT2D eigenvalue weighted by atomic mass is 9.87. The molecule has 48 heavy (non-hydrogen) atoms. The van der Waals surface area contributed by atoms with Crippen molar-refractivity contribution < 1.29 is 27.8 Å². The number of hydrogen-bond donors (Lipinski definition) is 2. The van der Waals surface area contributed by atoms with Gasteiger partial charge in [-0.1, -0.05) is 33.3 Å². The minimum absolute atomic E-state index is 0.000518. The maximum Gasteiger partial charge on any atom is 0.412 e. The molecule has 0 aliphatic carbocycles. The van der Waals surface area contributed by atoms with Gasteiger partial charge in [-0.05, 0) is 82.0 Å². The van der Waals surface area contributed by atoms with Gasteiger partial charge in [-0.2, -0.15) is 5.26 Å². The Morgan fingerprint density at radius 3 is 2.50 bits per heavy atom. The second-order valence-corrected chi connectivity index (χ2v) is 14.8. The number of halogens is 2. The van der Waals surface area contributed by atoms with E-state index in [1.165, 1.54) is 19.1 Å². The van der Waals surface area contributed by atoms with Crippen molar-refractivity contribution in [3.05, 3.63) is 62.7 Å². The van der Waals surface area contributed by atoms with Crippen molar-refractivity contribution in [2.75, 3.05) is 11.1 Å². The lowest BCUT2D eigenvalue weighted by molar-refractivity contribution is -0.118. The van der Waals surface area contributed by atoms with Gasteiger partial charge in [0.1, 0.15) is 40.2 Å². The normalized spacial score (nSPS) is 14.1. The number of allylic oxidation sites excluding steroid dienone is 1. The molecular weight excluding hydrogens is 655 g/mol. The summed E-state index contributed by atoms with van der Waals surface area (Å²) in [5, 5.41) is 17.5. The number of ketones is 1. The summed E-state index contributed by atoms with van der Waals surface area (Å²) in [6.45, 7) is 14.4. The summed E-state index contributed by atoms with van der Waals surface area (Å²) in [7, 11) is 0. The number of carbonyl (C=O) groups is 2. The molecule has 2 N–H and O–H groups in total. The number of benzene rings is 2. The number of carbonyl (C=O) groups excluding carboxylic acids is 2. The molecule has 0 saturated carbocycles. The number of nitrogens with zero attached hydrogens (tertiary/aromatic N) is 2. The van der Waals surface area contributed by atoms with Crippen molar-refractivity contribution in [2.24, 2.45) is 4.99 Å². The van der Waals surface area contributed by atoms with E-state index in [-0.39, 0.29) is 51.6 Å². The minimum atomic E-state index is -0.784. The van der Waals surface area contributed by atoms with E-state index in [4.69, 9.17) is 14.5 Å². The largest absolute Gasteiger partial charge is 0.444 e. The van der Waals surface area contributed by atoms with E-state index < -0.39 is 29.4 Å². The second kappa shape index (κ2) is 15.6. The number of fused-ring (bicyclic) bond motifs is 2. The number of aliphatic imine (C=N–C) groups is 1. The molecule has 0 bridgehead atoms. The van der Waals surface area contributed by atoms with Crippen LogP contribution in [0.1, 0.15) is 95.5 Å². The molecule has 0 spiro atoms. The van der Waals surface area contributed by atoms with Crippen molar-refractivity contribution in [1.29, 1.82) is 5.26 Å². The molecule has 4 rings (SSSR count). The van der Waals surface area contributed by atoms with Crippen molar-refractivity contribution >= 4 is 55.9 Å². The Hall–Kier alpha value is -3.79. The second-order valence-electron chi connectivity index (χ2n) is 12.4.